The van der Waals surface area contributed by atoms with Crippen LogP contribution in [0.1, 0.15) is 18.2 Å². The molecule has 1 atom stereocenters. The van der Waals surface area contributed by atoms with Gasteiger partial charge in [0.2, 0.25) is 0 Å². The van der Waals surface area contributed by atoms with Crippen molar-refractivity contribution in [3.63, 3.8) is 0 Å². The lowest BCUT2D eigenvalue weighted by atomic mass is 9.90. The van der Waals surface area contributed by atoms with Crippen LogP contribution in [0.15, 0.2) is 36.8 Å². The van der Waals surface area contributed by atoms with Gasteiger partial charge >= 0.3 is 0 Å². The highest BCUT2D eigenvalue weighted by molar-refractivity contribution is 6.31. The second-order valence-electron chi connectivity index (χ2n) is 4.94. The molecule has 1 amide bonds. The van der Waals surface area contributed by atoms with E-state index in [9.17, 15) is 9.90 Å². The smallest absolute Gasteiger partial charge is 0.264 e. The number of hydrogen-bond acceptors (Lipinski definition) is 4. The molecule has 108 valence electrons. The second-order valence-corrected chi connectivity index (χ2v) is 5.38. The van der Waals surface area contributed by atoms with E-state index in [1.54, 1.807) is 35.5 Å². The van der Waals surface area contributed by atoms with Gasteiger partial charge in [0.1, 0.15) is 0 Å². The Labute approximate surface area is 127 Å². The molecule has 0 radical (unpaired) electrons. The van der Waals surface area contributed by atoms with Crippen LogP contribution in [0.2, 0.25) is 5.02 Å². The van der Waals surface area contributed by atoms with Crippen molar-refractivity contribution in [2.75, 3.05) is 11.4 Å². The molecule has 1 unspecified atom stereocenters. The van der Waals surface area contributed by atoms with Gasteiger partial charge in [0.05, 0.1) is 11.4 Å². The maximum Gasteiger partial charge on any atom is 0.264 e. The van der Waals surface area contributed by atoms with Crippen LogP contribution in [0, 0.1) is 0 Å². The molecule has 1 aromatic carbocycles. The van der Waals surface area contributed by atoms with Crippen LogP contribution >= 0.6 is 11.6 Å². The van der Waals surface area contributed by atoms with Gasteiger partial charge in [0.25, 0.3) is 5.91 Å². The van der Waals surface area contributed by atoms with E-state index in [4.69, 9.17) is 11.6 Å². The Balaban J connectivity index is 2.10. The monoisotopic (exact) mass is 303 g/mol. The predicted octanol–water partition coefficient (Wildman–Crippen LogP) is 1.93. The summed E-state index contributed by atoms with van der Waals surface area (Å²) in [6.07, 6.45) is 4.70. The number of carbonyl (C=O) groups excluding carboxylic acids is 1. The molecule has 0 spiro atoms. The first-order chi connectivity index (χ1) is 10.1. The first kappa shape index (κ1) is 14.0. The van der Waals surface area contributed by atoms with E-state index in [1.807, 2.05) is 6.92 Å². The Morgan fingerprint density at radius 3 is 2.86 bits per heavy atom. The summed E-state index contributed by atoms with van der Waals surface area (Å²) in [6.45, 7) is 2.35. The summed E-state index contributed by atoms with van der Waals surface area (Å²) in [5.74, 6) is -0.354. The molecule has 5 nitrogen and oxygen atoms in total. The molecule has 0 bridgehead atoms. The van der Waals surface area contributed by atoms with Gasteiger partial charge < -0.3 is 10.0 Å². The van der Waals surface area contributed by atoms with Crippen molar-refractivity contribution in [1.82, 2.24) is 9.97 Å². The van der Waals surface area contributed by atoms with Gasteiger partial charge in [-0.2, -0.15) is 0 Å². The summed E-state index contributed by atoms with van der Waals surface area (Å²) >= 11 is 6.02. The normalized spacial score (nSPS) is 20.7. The summed E-state index contributed by atoms with van der Waals surface area (Å²) in [7, 11) is 0. The van der Waals surface area contributed by atoms with E-state index in [2.05, 4.69) is 9.97 Å². The van der Waals surface area contributed by atoms with Crippen molar-refractivity contribution in [2.24, 2.45) is 0 Å². The van der Waals surface area contributed by atoms with Crippen molar-refractivity contribution >= 4 is 23.2 Å². The van der Waals surface area contributed by atoms with Crippen LogP contribution in [-0.4, -0.2) is 27.5 Å². The highest BCUT2D eigenvalue weighted by atomic mass is 35.5. The molecule has 0 saturated heterocycles. The number of fused-ring (bicyclic) bond motifs is 1. The number of anilines is 1. The number of benzene rings is 1. The third-order valence-electron chi connectivity index (χ3n) is 3.66. The minimum atomic E-state index is -1.65. The minimum Gasteiger partial charge on any atom is -0.375 e. The SMILES string of the molecule is CCN1C(=O)C(O)(Cc2cnccn2)c2cc(Cl)ccc21. The summed E-state index contributed by atoms with van der Waals surface area (Å²) in [4.78, 5) is 22.3. The van der Waals surface area contributed by atoms with E-state index in [0.717, 1.165) is 0 Å². The highest BCUT2D eigenvalue weighted by Gasteiger charge is 2.49. The van der Waals surface area contributed by atoms with Crippen LogP contribution in [0.5, 0.6) is 0 Å². The number of likely N-dealkylation sites (N-methyl/N-ethyl adjacent to an activating group) is 1. The molecule has 1 aliphatic rings. The van der Waals surface area contributed by atoms with Gasteiger partial charge in [-0.3, -0.25) is 14.8 Å². The van der Waals surface area contributed by atoms with Crippen LogP contribution in [0.4, 0.5) is 5.69 Å². The number of nitrogens with zero attached hydrogens (tertiary/aromatic N) is 3. The summed E-state index contributed by atoms with van der Waals surface area (Å²) in [5, 5.41) is 11.5. The van der Waals surface area contributed by atoms with E-state index in [0.29, 0.717) is 28.5 Å². The lowest BCUT2D eigenvalue weighted by molar-refractivity contribution is -0.136. The number of halogens is 1. The van der Waals surface area contributed by atoms with Crippen LogP contribution < -0.4 is 4.90 Å². The molecule has 0 saturated carbocycles. The largest absolute Gasteiger partial charge is 0.375 e. The quantitative estimate of drug-likeness (QED) is 0.941. The number of hydrogen-bond donors (Lipinski definition) is 1. The fourth-order valence-electron chi connectivity index (χ4n) is 2.69. The van der Waals surface area contributed by atoms with Gasteiger partial charge in [0.15, 0.2) is 5.60 Å². The predicted molar refractivity (Wildman–Crippen MR) is 79.1 cm³/mol. The third kappa shape index (κ3) is 2.18. The maximum absolute atomic E-state index is 12.6. The van der Waals surface area contributed by atoms with Crippen LogP contribution in [-0.2, 0) is 16.8 Å². The molecular weight excluding hydrogens is 290 g/mol. The molecule has 21 heavy (non-hydrogen) atoms. The zero-order valence-corrected chi connectivity index (χ0v) is 12.2. The molecule has 6 heteroatoms. The summed E-state index contributed by atoms with van der Waals surface area (Å²) in [6, 6.07) is 5.11. The lowest BCUT2D eigenvalue weighted by Gasteiger charge is -2.22. The summed E-state index contributed by atoms with van der Waals surface area (Å²) in [5.41, 5.74) is 0.120. The average Bonchev–Trinajstić information content (AvgIpc) is 2.69. The molecule has 1 N–H and O–H groups in total. The number of carbonyl (C=O) groups is 1. The molecule has 3 rings (SSSR count). The molecule has 0 fully saturated rings. The van der Waals surface area contributed by atoms with Crippen molar-refractivity contribution in [1.29, 1.82) is 0 Å². The van der Waals surface area contributed by atoms with E-state index < -0.39 is 5.60 Å². The van der Waals surface area contributed by atoms with Crippen LogP contribution in [0.3, 0.4) is 0 Å². The van der Waals surface area contributed by atoms with Crippen molar-refractivity contribution in [2.45, 2.75) is 18.9 Å². The van der Waals surface area contributed by atoms with Crippen molar-refractivity contribution in [3.05, 3.63) is 53.1 Å². The highest BCUT2D eigenvalue weighted by Crippen LogP contribution is 2.43. The Bertz CT molecular complexity index is 693. The number of aromatic nitrogens is 2. The number of rotatable bonds is 3. The average molecular weight is 304 g/mol. The molecule has 2 heterocycles. The van der Waals surface area contributed by atoms with Crippen molar-refractivity contribution in [3.8, 4) is 0 Å². The fraction of sp³-hybridized carbons (Fsp3) is 0.267. The molecule has 2 aromatic rings. The van der Waals surface area contributed by atoms with Gasteiger partial charge in [0, 0.05) is 42.1 Å². The Hall–Kier alpha value is -1.98. The third-order valence-corrected chi connectivity index (χ3v) is 3.90. The second kappa shape index (κ2) is 5.09. The zero-order valence-electron chi connectivity index (χ0n) is 11.5. The van der Waals surface area contributed by atoms with Crippen molar-refractivity contribution < 1.29 is 9.90 Å². The Kier molecular flexibility index (Phi) is 3.39. The van der Waals surface area contributed by atoms with Gasteiger partial charge in [-0.1, -0.05) is 11.6 Å². The number of amides is 1. The molecular formula is C15H14ClN3O2. The standard InChI is InChI=1S/C15H14ClN3O2/c1-2-19-13-4-3-10(16)7-12(13)15(21,14(19)20)8-11-9-17-5-6-18-11/h3-7,9,21H,2,8H2,1H3. The van der Waals surface area contributed by atoms with Gasteiger partial charge in [-0.05, 0) is 25.1 Å². The first-order valence-corrected chi connectivity index (χ1v) is 7.03. The Morgan fingerprint density at radius 1 is 1.38 bits per heavy atom. The zero-order chi connectivity index (χ0) is 15.0. The van der Waals surface area contributed by atoms with E-state index in [1.165, 1.54) is 6.20 Å². The van der Waals surface area contributed by atoms with Gasteiger partial charge in [-0.15, -0.1) is 0 Å². The fourth-order valence-corrected chi connectivity index (χ4v) is 2.86. The van der Waals surface area contributed by atoms with Gasteiger partial charge in [-0.25, -0.2) is 0 Å². The van der Waals surface area contributed by atoms with Crippen LogP contribution in [0.25, 0.3) is 0 Å². The molecule has 1 aliphatic heterocycles. The molecule has 1 aromatic heterocycles. The maximum atomic E-state index is 12.6. The topological polar surface area (TPSA) is 66.3 Å². The minimum absolute atomic E-state index is 0.0729. The van der Waals surface area contributed by atoms with E-state index in [-0.39, 0.29) is 12.3 Å². The Morgan fingerprint density at radius 2 is 2.19 bits per heavy atom. The van der Waals surface area contributed by atoms with E-state index >= 15 is 0 Å². The molecule has 0 aliphatic carbocycles. The first-order valence-electron chi connectivity index (χ1n) is 6.65. The lowest BCUT2D eigenvalue weighted by Crippen LogP contribution is -2.42. The summed E-state index contributed by atoms with van der Waals surface area (Å²) < 4.78 is 0. The number of aliphatic hydroxyl groups is 1.